The summed E-state index contributed by atoms with van der Waals surface area (Å²) in [7, 11) is 0. The predicted molar refractivity (Wildman–Crippen MR) is 28.7 cm³/mol. The molecule has 2 nitrogen and oxygen atoms in total. The van der Waals surface area contributed by atoms with E-state index in [9.17, 15) is 0 Å². The molecule has 0 saturated heterocycles. The van der Waals surface area contributed by atoms with Crippen LogP contribution in [0.1, 0.15) is 0 Å². The molecule has 0 radical (unpaired) electrons. The van der Waals surface area contributed by atoms with Crippen molar-refractivity contribution in [1.82, 2.24) is 6.15 Å². The molecule has 0 spiro atoms. The van der Waals surface area contributed by atoms with Gasteiger partial charge >= 0.3 is 0 Å². The van der Waals surface area contributed by atoms with Gasteiger partial charge < -0.3 is 6.15 Å². The largest absolute Gasteiger partial charge is 0.344 e. The molecule has 0 atom stereocenters. The maximum absolute atomic E-state index is 4.76. The van der Waals surface area contributed by atoms with Gasteiger partial charge in [-0.3, -0.25) is 0 Å². The van der Waals surface area contributed by atoms with Crippen LogP contribution >= 0.6 is 47.1 Å². The minimum atomic E-state index is -1.11. The van der Waals surface area contributed by atoms with Gasteiger partial charge in [-0.25, -0.2) is 0 Å². The number of halogens is 4. The molecule has 0 aromatic rings. The van der Waals surface area contributed by atoms with Crippen LogP contribution in [0.2, 0.25) is 0 Å². The van der Waals surface area contributed by atoms with Crippen molar-refractivity contribution in [3.8, 4) is 0 Å². The Morgan fingerprint density at radius 3 is 0.857 bits per heavy atom. The summed E-state index contributed by atoms with van der Waals surface area (Å²) in [5.74, 6) is 0. The van der Waals surface area contributed by atoms with E-state index in [1.165, 1.54) is 0 Å². The van der Waals surface area contributed by atoms with Crippen LogP contribution in [0.25, 0.3) is 0 Å². The molecule has 0 aliphatic heterocycles. The van der Waals surface area contributed by atoms with E-state index >= 15 is 0 Å². The van der Waals surface area contributed by atoms with E-state index in [4.69, 9.17) is 47.1 Å². The molecule has 0 unspecified atom stereocenters. The molecule has 3 N–H and O–H groups in total. The van der Waals surface area contributed by atoms with Crippen LogP contribution in [0.4, 0.5) is 0 Å². The van der Waals surface area contributed by atoms with Crippen molar-refractivity contribution in [2.45, 2.75) is 0 Å². The first kappa shape index (κ1) is 15.9. The summed E-state index contributed by atoms with van der Waals surface area (Å²) >= 11 is 19.1. The Bertz CT molecular complexity index is 25.2. The van der Waals surface area contributed by atoms with E-state index in [2.05, 4.69) is 0 Å². The van der Waals surface area contributed by atoms with Gasteiger partial charge in [0.2, 0.25) is 47.1 Å². The van der Waals surface area contributed by atoms with Crippen molar-refractivity contribution in [1.29, 1.82) is 0 Å². The first-order valence-electron chi connectivity index (χ1n) is 0.676. The van der Waals surface area contributed by atoms with E-state index < -0.39 is 2.56 Å². The third-order valence-electron chi connectivity index (χ3n) is 0. The predicted octanol–water partition coefficient (Wildman–Crippen LogP) is 2.58. The van der Waals surface area contributed by atoms with Crippen LogP contribution in [0, 0.1) is 0 Å². The van der Waals surface area contributed by atoms with E-state index in [0.29, 0.717) is 0 Å². The smallest absolute Gasteiger partial charge is 0.231 e. The molecule has 0 aromatic carbocycles. The zero-order chi connectivity index (χ0) is 4.50. The first-order valence-corrected chi connectivity index (χ1v) is 2.03. The number of hydrogen-bond donors (Lipinski definition) is 1. The molecule has 50 valence electrons. The van der Waals surface area contributed by atoms with Gasteiger partial charge in [0.25, 0.3) is 0 Å². The average molecular weight is 279 g/mol. The minimum Gasteiger partial charge on any atom is -0.344 e. The molecule has 0 rings (SSSR count). The molecule has 0 amide bonds. The van der Waals surface area contributed by atoms with Gasteiger partial charge in [0.1, 0.15) is 0 Å². The monoisotopic (exact) mass is 277 g/mol. The summed E-state index contributed by atoms with van der Waals surface area (Å²) < 4.78 is -1.11. The molecule has 7 heavy (non-hydrogen) atoms. The number of quaternary nitrogens is 1. The Labute approximate surface area is 75.9 Å². The van der Waals surface area contributed by atoms with Crippen LogP contribution in [-0.2, 0) is 20.4 Å². The summed E-state index contributed by atoms with van der Waals surface area (Å²) in [5, 5.41) is 0. The quantitative estimate of drug-likeness (QED) is 0.537. The minimum absolute atomic E-state index is 0. The van der Waals surface area contributed by atoms with Crippen LogP contribution < -0.4 is 6.15 Å². The summed E-state index contributed by atoms with van der Waals surface area (Å²) in [6, 6.07) is 0. The fourth-order valence-electron chi connectivity index (χ4n) is 0. The van der Waals surface area contributed by atoms with Crippen molar-refractivity contribution in [2.75, 3.05) is 0 Å². The van der Waals surface area contributed by atoms with Gasteiger partial charge in [0, 0.05) is 20.4 Å². The molecule has 0 heterocycles. The van der Waals surface area contributed by atoms with E-state index in [1.54, 1.807) is 0 Å². The van der Waals surface area contributed by atoms with Gasteiger partial charge in [-0.2, -0.15) is 0 Å². The second-order valence-corrected chi connectivity index (χ2v) is 3.45. The SMILES string of the molecule is Cl[N+](Cl)(Cl)Cl.N.[Pd]. The van der Waals surface area contributed by atoms with Crippen molar-refractivity contribution in [3.05, 3.63) is 0 Å². The standard InChI is InChI=1S/Cl4N.H3N.Pd/c1-5(2,3)4;;/h;1H3;/q+1;;. The molecular formula is H3Cl4N2Pd+. The third kappa shape index (κ3) is 84.1. The van der Waals surface area contributed by atoms with Crippen LogP contribution in [0.3, 0.4) is 0 Å². The van der Waals surface area contributed by atoms with Gasteiger partial charge in [-0.05, 0) is 0 Å². The Morgan fingerprint density at radius 1 is 0.857 bits per heavy atom. The first-order chi connectivity index (χ1) is 2.00. The van der Waals surface area contributed by atoms with Crippen molar-refractivity contribution < 1.29 is 23.0 Å². The second-order valence-electron chi connectivity index (χ2n) is 0.383. The van der Waals surface area contributed by atoms with Gasteiger partial charge in [-0.15, -0.1) is 0 Å². The van der Waals surface area contributed by atoms with E-state index in [0.717, 1.165) is 0 Å². The molecule has 0 fully saturated rings. The van der Waals surface area contributed by atoms with E-state index in [-0.39, 0.29) is 26.6 Å². The van der Waals surface area contributed by atoms with Crippen LogP contribution in [0.5, 0.6) is 0 Å². The Hall–Kier alpha value is 1.74. The topological polar surface area (TPSA) is 35.0 Å². The number of hydrogen-bond acceptors (Lipinski definition) is 1. The Kier molecular flexibility index (Phi) is 13.3. The third-order valence-corrected chi connectivity index (χ3v) is 0. The van der Waals surface area contributed by atoms with Crippen LogP contribution in [-0.4, -0.2) is 2.56 Å². The van der Waals surface area contributed by atoms with Crippen molar-refractivity contribution >= 4 is 47.1 Å². The molecule has 0 saturated carbocycles. The molecular weight excluding hydrogens is 276 g/mol. The Morgan fingerprint density at radius 2 is 0.857 bits per heavy atom. The van der Waals surface area contributed by atoms with Crippen molar-refractivity contribution in [2.24, 2.45) is 0 Å². The molecule has 0 aliphatic carbocycles. The van der Waals surface area contributed by atoms with Gasteiger partial charge in [-0.1, -0.05) is 0 Å². The maximum atomic E-state index is 4.76. The van der Waals surface area contributed by atoms with Gasteiger partial charge in [0.05, 0.1) is 2.56 Å². The summed E-state index contributed by atoms with van der Waals surface area (Å²) in [6.07, 6.45) is 0. The fraction of sp³-hybridized carbons (Fsp3) is 0. The van der Waals surface area contributed by atoms with Crippen LogP contribution in [0.15, 0.2) is 0 Å². The zero-order valence-corrected chi connectivity index (χ0v) is 7.56. The molecule has 0 aromatic heterocycles. The Balaban J connectivity index is -0.0000000800. The normalized spacial score (nSPS) is 8.57. The zero-order valence-electron chi connectivity index (χ0n) is 2.98. The maximum Gasteiger partial charge on any atom is 0.231 e. The average Bonchev–Trinajstić information content (AvgIpc) is 0.722. The fourth-order valence-corrected chi connectivity index (χ4v) is 0. The number of nitrogens with zero attached hydrogens (tertiary/aromatic N) is 1. The van der Waals surface area contributed by atoms with Gasteiger partial charge in [0.15, 0.2) is 0 Å². The summed E-state index contributed by atoms with van der Waals surface area (Å²) in [6.45, 7) is 0. The van der Waals surface area contributed by atoms with E-state index in [1.807, 2.05) is 0 Å². The molecule has 0 bridgehead atoms. The van der Waals surface area contributed by atoms with Crippen molar-refractivity contribution in [3.63, 3.8) is 0 Å². The molecule has 7 heteroatoms. The summed E-state index contributed by atoms with van der Waals surface area (Å²) in [5.41, 5.74) is 0. The number of rotatable bonds is 0. The second kappa shape index (κ2) is 5.87. The molecule has 0 aliphatic rings. The summed E-state index contributed by atoms with van der Waals surface area (Å²) in [4.78, 5) is 0.